The second kappa shape index (κ2) is 5.35. The Balaban J connectivity index is 2.28. The fourth-order valence-electron chi connectivity index (χ4n) is 2.25. The molecule has 0 atom stereocenters. The van der Waals surface area contributed by atoms with E-state index in [0.29, 0.717) is 0 Å². The normalized spacial score (nSPS) is 11.6. The van der Waals surface area contributed by atoms with Crippen molar-refractivity contribution in [3.63, 3.8) is 0 Å². The van der Waals surface area contributed by atoms with Gasteiger partial charge in [0, 0.05) is 6.07 Å². The molecule has 4 nitrogen and oxygen atoms in total. The van der Waals surface area contributed by atoms with Crippen molar-refractivity contribution in [3.05, 3.63) is 54.2 Å². The molecule has 1 heterocycles. The molecule has 118 valence electrons. The van der Waals surface area contributed by atoms with Crippen molar-refractivity contribution in [1.82, 2.24) is 5.16 Å². The summed E-state index contributed by atoms with van der Waals surface area (Å²) < 4.78 is 44.5. The van der Waals surface area contributed by atoms with Gasteiger partial charge in [0.1, 0.15) is 11.5 Å². The number of rotatable bonds is 2. The van der Waals surface area contributed by atoms with E-state index in [4.69, 9.17) is 4.52 Å². The number of aromatic hydroxyl groups is 2. The number of benzene rings is 2. The van der Waals surface area contributed by atoms with Crippen molar-refractivity contribution in [3.8, 4) is 33.9 Å². The summed E-state index contributed by atoms with van der Waals surface area (Å²) in [7, 11) is 0. The van der Waals surface area contributed by atoms with E-state index in [1.165, 1.54) is 24.3 Å². The smallest absolute Gasteiger partial charge is 0.437 e. The molecular weight excluding hydrogens is 311 g/mol. The molecule has 2 aromatic carbocycles. The summed E-state index contributed by atoms with van der Waals surface area (Å²) in [6.45, 7) is 0. The first-order chi connectivity index (χ1) is 10.9. The molecule has 0 bridgehead atoms. The van der Waals surface area contributed by atoms with E-state index >= 15 is 0 Å². The van der Waals surface area contributed by atoms with E-state index in [2.05, 4.69) is 5.16 Å². The number of halogens is 3. The van der Waals surface area contributed by atoms with Gasteiger partial charge in [-0.3, -0.25) is 0 Å². The minimum atomic E-state index is -4.71. The number of hydrogen-bond donors (Lipinski definition) is 2. The number of hydrogen-bond acceptors (Lipinski definition) is 4. The summed E-state index contributed by atoms with van der Waals surface area (Å²) >= 11 is 0. The summed E-state index contributed by atoms with van der Waals surface area (Å²) in [4.78, 5) is 0. The first-order valence-corrected chi connectivity index (χ1v) is 6.52. The van der Waals surface area contributed by atoms with Crippen molar-refractivity contribution in [2.45, 2.75) is 6.18 Å². The Kier molecular flexibility index (Phi) is 3.48. The van der Waals surface area contributed by atoms with Gasteiger partial charge in [0.25, 0.3) is 0 Å². The lowest BCUT2D eigenvalue weighted by Crippen LogP contribution is -2.07. The highest BCUT2D eigenvalue weighted by Crippen LogP contribution is 2.44. The Morgan fingerprint density at radius 1 is 0.957 bits per heavy atom. The monoisotopic (exact) mass is 321 g/mol. The standard InChI is InChI=1S/C16H10F3NO3/c17-16(18,19)15-13(9-4-2-1-3-5-9)14(23-20-15)11-7-6-10(21)8-12(11)22/h1-8,21-22H. The van der Waals surface area contributed by atoms with Crippen molar-refractivity contribution in [2.24, 2.45) is 0 Å². The maximum atomic E-state index is 13.2. The Hall–Kier alpha value is -2.96. The Morgan fingerprint density at radius 2 is 1.65 bits per heavy atom. The minimum absolute atomic E-state index is 0.00431. The minimum Gasteiger partial charge on any atom is -0.508 e. The van der Waals surface area contributed by atoms with Crippen LogP contribution in [0.3, 0.4) is 0 Å². The van der Waals surface area contributed by atoms with Gasteiger partial charge in [-0.15, -0.1) is 0 Å². The predicted molar refractivity (Wildman–Crippen MR) is 75.7 cm³/mol. The Bertz CT molecular complexity index is 842. The second-order valence-corrected chi connectivity index (χ2v) is 4.80. The van der Waals surface area contributed by atoms with Crippen molar-refractivity contribution in [1.29, 1.82) is 0 Å². The van der Waals surface area contributed by atoms with Gasteiger partial charge in [0.05, 0.1) is 11.1 Å². The van der Waals surface area contributed by atoms with Gasteiger partial charge in [-0.2, -0.15) is 13.2 Å². The third-order valence-electron chi connectivity index (χ3n) is 3.25. The fourth-order valence-corrected chi connectivity index (χ4v) is 2.25. The summed E-state index contributed by atoms with van der Waals surface area (Å²) in [5, 5.41) is 22.3. The molecule has 0 fully saturated rings. The first-order valence-electron chi connectivity index (χ1n) is 6.52. The summed E-state index contributed by atoms with van der Waals surface area (Å²) in [5.74, 6) is -0.851. The van der Waals surface area contributed by atoms with Gasteiger partial charge in [0.15, 0.2) is 11.5 Å². The van der Waals surface area contributed by atoms with Gasteiger partial charge in [-0.25, -0.2) is 0 Å². The summed E-state index contributed by atoms with van der Waals surface area (Å²) in [6.07, 6.45) is -4.71. The number of aromatic nitrogens is 1. The van der Waals surface area contributed by atoms with Crippen LogP contribution in [0.5, 0.6) is 11.5 Å². The average molecular weight is 321 g/mol. The van der Waals surface area contributed by atoms with Crippen molar-refractivity contribution >= 4 is 0 Å². The predicted octanol–water partition coefficient (Wildman–Crippen LogP) is 4.44. The van der Waals surface area contributed by atoms with Gasteiger partial charge in [-0.1, -0.05) is 35.5 Å². The third kappa shape index (κ3) is 2.73. The van der Waals surface area contributed by atoms with Crippen LogP contribution in [0.1, 0.15) is 5.69 Å². The molecule has 23 heavy (non-hydrogen) atoms. The maximum absolute atomic E-state index is 13.2. The van der Waals surface area contributed by atoms with Crippen LogP contribution in [-0.4, -0.2) is 15.4 Å². The number of nitrogens with zero attached hydrogens (tertiary/aromatic N) is 1. The zero-order valence-corrected chi connectivity index (χ0v) is 11.5. The lowest BCUT2D eigenvalue weighted by Gasteiger charge is -2.08. The third-order valence-corrected chi connectivity index (χ3v) is 3.25. The van der Waals surface area contributed by atoms with E-state index in [9.17, 15) is 23.4 Å². The van der Waals surface area contributed by atoms with E-state index in [1.54, 1.807) is 18.2 Å². The molecule has 0 radical (unpaired) electrons. The van der Waals surface area contributed by atoms with E-state index in [1.807, 2.05) is 0 Å². The Morgan fingerprint density at radius 3 is 2.26 bits per heavy atom. The molecule has 0 aliphatic heterocycles. The van der Waals surface area contributed by atoms with Crippen LogP contribution in [0.25, 0.3) is 22.5 Å². The van der Waals surface area contributed by atoms with Crippen LogP contribution in [0.2, 0.25) is 0 Å². The SMILES string of the molecule is Oc1ccc(-c2onc(C(F)(F)F)c2-c2ccccc2)c(O)c1. The van der Waals surface area contributed by atoms with Gasteiger partial charge >= 0.3 is 6.18 Å². The lowest BCUT2D eigenvalue weighted by atomic mass is 9.98. The molecular formula is C16H10F3NO3. The highest BCUT2D eigenvalue weighted by atomic mass is 19.4. The van der Waals surface area contributed by atoms with Gasteiger partial charge in [0.2, 0.25) is 0 Å². The molecule has 0 amide bonds. The summed E-state index contributed by atoms with van der Waals surface area (Å²) in [5.41, 5.74) is -1.18. The molecule has 0 unspecified atom stereocenters. The molecule has 0 spiro atoms. The highest BCUT2D eigenvalue weighted by molar-refractivity contribution is 5.84. The molecule has 0 saturated carbocycles. The lowest BCUT2D eigenvalue weighted by molar-refractivity contribution is -0.142. The largest absolute Gasteiger partial charge is 0.508 e. The highest BCUT2D eigenvalue weighted by Gasteiger charge is 2.40. The molecule has 3 rings (SSSR count). The molecule has 3 aromatic rings. The van der Waals surface area contributed by atoms with Crippen molar-refractivity contribution < 1.29 is 27.9 Å². The van der Waals surface area contributed by atoms with Crippen molar-refractivity contribution in [2.75, 3.05) is 0 Å². The Labute approximate surface area is 128 Å². The zero-order valence-electron chi connectivity index (χ0n) is 11.5. The van der Waals surface area contributed by atoms with Gasteiger partial charge < -0.3 is 14.7 Å². The quantitative estimate of drug-likeness (QED) is 0.732. The molecule has 0 aliphatic carbocycles. The number of alkyl halides is 3. The molecule has 7 heteroatoms. The molecule has 0 saturated heterocycles. The second-order valence-electron chi connectivity index (χ2n) is 4.80. The van der Waals surface area contributed by atoms with E-state index in [-0.39, 0.29) is 28.2 Å². The van der Waals surface area contributed by atoms with E-state index in [0.717, 1.165) is 6.07 Å². The first kappa shape index (κ1) is 15.0. The van der Waals surface area contributed by atoms with Crippen LogP contribution in [0.4, 0.5) is 13.2 Å². The van der Waals surface area contributed by atoms with Crippen LogP contribution in [0, 0.1) is 0 Å². The average Bonchev–Trinajstić information content (AvgIpc) is 2.93. The van der Waals surface area contributed by atoms with Crippen LogP contribution >= 0.6 is 0 Å². The zero-order chi connectivity index (χ0) is 16.6. The molecule has 1 aromatic heterocycles. The number of phenolic OH excluding ortho intramolecular Hbond substituents is 2. The van der Waals surface area contributed by atoms with Crippen LogP contribution in [-0.2, 0) is 6.18 Å². The van der Waals surface area contributed by atoms with Crippen LogP contribution in [0.15, 0.2) is 53.1 Å². The fraction of sp³-hybridized carbons (Fsp3) is 0.0625. The maximum Gasteiger partial charge on any atom is 0.437 e. The number of phenols is 2. The van der Waals surface area contributed by atoms with E-state index < -0.39 is 17.6 Å². The topological polar surface area (TPSA) is 66.5 Å². The van der Waals surface area contributed by atoms with Crippen LogP contribution < -0.4 is 0 Å². The molecule has 0 aliphatic rings. The molecule has 2 N–H and O–H groups in total. The summed E-state index contributed by atoms with van der Waals surface area (Å²) in [6, 6.07) is 11.3. The van der Waals surface area contributed by atoms with Gasteiger partial charge in [-0.05, 0) is 17.7 Å².